The molecule has 0 aliphatic heterocycles. The third kappa shape index (κ3) is 3.67. The molecule has 3 aromatic rings. The predicted molar refractivity (Wildman–Crippen MR) is 88.3 cm³/mol. The number of halogens is 1. The van der Waals surface area contributed by atoms with Crippen molar-refractivity contribution in [2.24, 2.45) is 0 Å². The Bertz CT molecular complexity index is 961. The van der Waals surface area contributed by atoms with Crippen LogP contribution in [0.2, 0.25) is 0 Å². The van der Waals surface area contributed by atoms with Crippen LogP contribution in [-0.4, -0.2) is 15.9 Å². The van der Waals surface area contributed by atoms with Crippen molar-refractivity contribution in [1.82, 2.24) is 9.97 Å². The molecular weight excluding hydrogens is 321 g/mol. The van der Waals surface area contributed by atoms with E-state index in [1.807, 2.05) is 19.1 Å². The summed E-state index contributed by atoms with van der Waals surface area (Å²) in [6.07, 6.45) is 2.96. The molecule has 0 radical (unpaired) electrons. The molecule has 3 rings (SSSR count). The molecule has 2 heterocycles. The van der Waals surface area contributed by atoms with Crippen LogP contribution < -0.4 is 4.74 Å². The summed E-state index contributed by atoms with van der Waals surface area (Å²) in [5.41, 5.74) is 2.30. The van der Waals surface area contributed by atoms with E-state index in [1.54, 1.807) is 18.3 Å². The number of hydrogen-bond acceptors (Lipinski definition) is 5. The topological polar surface area (TPSA) is 75.9 Å². The fraction of sp³-hybridized carbons (Fsp3) is 0.0526. The summed E-state index contributed by atoms with van der Waals surface area (Å²) in [4.78, 5) is 20.1. The van der Waals surface area contributed by atoms with E-state index in [0.717, 1.165) is 5.56 Å². The molecule has 0 aliphatic rings. The van der Waals surface area contributed by atoms with Crippen molar-refractivity contribution < 1.29 is 13.9 Å². The molecule has 0 N–H and O–H groups in total. The van der Waals surface area contributed by atoms with Gasteiger partial charge in [-0.05, 0) is 36.8 Å². The van der Waals surface area contributed by atoms with Gasteiger partial charge >= 0.3 is 5.97 Å². The van der Waals surface area contributed by atoms with Crippen LogP contribution in [0.3, 0.4) is 0 Å². The summed E-state index contributed by atoms with van der Waals surface area (Å²) in [7, 11) is 0. The highest BCUT2D eigenvalue weighted by atomic mass is 19.1. The highest BCUT2D eigenvalue weighted by Gasteiger charge is 2.16. The first-order valence-corrected chi connectivity index (χ1v) is 7.38. The number of pyridine rings is 2. The maximum atomic E-state index is 14.3. The third-order valence-corrected chi connectivity index (χ3v) is 3.46. The molecule has 0 bridgehead atoms. The van der Waals surface area contributed by atoms with Gasteiger partial charge in [0.05, 0.1) is 16.8 Å². The Balaban J connectivity index is 1.81. The van der Waals surface area contributed by atoms with Crippen molar-refractivity contribution in [2.75, 3.05) is 0 Å². The van der Waals surface area contributed by atoms with Crippen molar-refractivity contribution >= 4 is 5.97 Å². The van der Waals surface area contributed by atoms with Crippen molar-refractivity contribution in [3.63, 3.8) is 0 Å². The van der Waals surface area contributed by atoms with Crippen molar-refractivity contribution in [3.05, 3.63) is 77.4 Å². The highest BCUT2D eigenvalue weighted by molar-refractivity contribution is 5.91. The first-order valence-electron chi connectivity index (χ1n) is 7.38. The number of rotatable bonds is 3. The number of aryl methyl sites for hydroxylation is 1. The largest absolute Gasteiger partial charge is 0.404 e. The monoisotopic (exact) mass is 333 g/mol. The zero-order valence-electron chi connectivity index (χ0n) is 13.2. The fourth-order valence-corrected chi connectivity index (χ4v) is 2.14. The normalized spacial score (nSPS) is 10.1. The highest BCUT2D eigenvalue weighted by Crippen LogP contribution is 2.21. The van der Waals surface area contributed by atoms with Gasteiger partial charge < -0.3 is 4.74 Å². The summed E-state index contributed by atoms with van der Waals surface area (Å²) >= 11 is 0. The van der Waals surface area contributed by atoms with Gasteiger partial charge in [-0.1, -0.05) is 12.1 Å². The second-order valence-corrected chi connectivity index (χ2v) is 5.30. The number of carbonyl (C=O) groups is 1. The van der Waals surface area contributed by atoms with Gasteiger partial charge in [0.15, 0.2) is 0 Å². The number of ether oxygens (including phenoxy) is 1. The number of esters is 1. The molecule has 0 fully saturated rings. The van der Waals surface area contributed by atoms with Gasteiger partial charge in [0.2, 0.25) is 5.88 Å². The van der Waals surface area contributed by atoms with E-state index in [1.165, 1.54) is 30.5 Å². The van der Waals surface area contributed by atoms with E-state index in [0.29, 0.717) is 16.8 Å². The van der Waals surface area contributed by atoms with Gasteiger partial charge in [-0.2, -0.15) is 5.26 Å². The minimum Gasteiger partial charge on any atom is -0.404 e. The van der Waals surface area contributed by atoms with Gasteiger partial charge in [0.1, 0.15) is 11.9 Å². The number of nitriles is 1. The quantitative estimate of drug-likeness (QED) is 0.683. The minimum atomic E-state index is -0.863. The molecule has 122 valence electrons. The second kappa shape index (κ2) is 6.89. The van der Waals surface area contributed by atoms with Crippen LogP contribution in [0.15, 0.2) is 54.9 Å². The summed E-state index contributed by atoms with van der Waals surface area (Å²) in [6, 6.07) is 12.6. The molecule has 0 saturated carbocycles. The number of benzene rings is 1. The summed E-state index contributed by atoms with van der Waals surface area (Å²) < 4.78 is 19.3. The molecule has 2 aromatic heterocycles. The fourth-order valence-electron chi connectivity index (χ4n) is 2.14. The van der Waals surface area contributed by atoms with Crippen LogP contribution in [0.4, 0.5) is 4.39 Å². The lowest BCUT2D eigenvalue weighted by Crippen LogP contribution is -2.11. The van der Waals surface area contributed by atoms with Gasteiger partial charge in [0.25, 0.3) is 0 Å². The van der Waals surface area contributed by atoms with Gasteiger partial charge in [-0.3, -0.25) is 4.98 Å². The minimum absolute atomic E-state index is 0.00678. The molecular formula is C19H12FN3O2. The molecule has 6 heteroatoms. The lowest BCUT2D eigenvalue weighted by atomic mass is 10.1. The van der Waals surface area contributed by atoms with Crippen molar-refractivity contribution in [2.45, 2.75) is 6.92 Å². The Labute approximate surface area is 143 Å². The number of hydrogen-bond donors (Lipinski definition) is 0. The maximum absolute atomic E-state index is 14.3. The molecule has 0 aliphatic carbocycles. The summed E-state index contributed by atoms with van der Waals surface area (Å²) in [5.74, 6) is -1.58. The van der Waals surface area contributed by atoms with Crippen molar-refractivity contribution in [1.29, 1.82) is 5.26 Å². The molecule has 1 aromatic carbocycles. The number of nitrogens with zero attached hydrogens (tertiary/aromatic N) is 3. The summed E-state index contributed by atoms with van der Waals surface area (Å²) in [5, 5.41) is 8.71. The zero-order chi connectivity index (χ0) is 17.8. The van der Waals surface area contributed by atoms with E-state index >= 15 is 0 Å². The Morgan fingerprint density at radius 3 is 2.56 bits per heavy atom. The molecule has 0 saturated heterocycles. The second-order valence-electron chi connectivity index (χ2n) is 5.30. The predicted octanol–water partition coefficient (Wildman–Crippen LogP) is 3.68. The lowest BCUT2D eigenvalue weighted by molar-refractivity contribution is 0.0722. The Morgan fingerprint density at radius 1 is 1.12 bits per heavy atom. The van der Waals surface area contributed by atoms with Crippen LogP contribution >= 0.6 is 0 Å². The average Bonchev–Trinajstić information content (AvgIpc) is 2.62. The molecule has 0 unspecified atom stereocenters. The smallest absolute Gasteiger partial charge is 0.347 e. The Morgan fingerprint density at radius 2 is 1.96 bits per heavy atom. The molecule has 0 amide bonds. The summed E-state index contributed by atoms with van der Waals surface area (Å²) in [6.45, 7) is 1.91. The SMILES string of the molecule is Cc1ccc(-c2ccc(C(=O)Oc3ccc(C#N)cn3)c(F)c2)nc1. The molecule has 0 spiro atoms. The molecule has 25 heavy (non-hydrogen) atoms. The zero-order valence-corrected chi connectivity index (χ0v) is 13.2. The van der Waals surface area contributed by atoms with E-state index in [2.05, 4.69) is 9.97 Å². The van der Waals surface area contributed by atoms with Crippen molar-refractivity contribution in [3.8, 4) is 23.2 Å². The van der Waals surface area contributed by atoms with Gasteiger partial charge in [-0.15, -0.1) is 0 Å². The van der Waals surface area contributed by atoms with Gasteiger partial charge in [-0.25, -0.2) is 14.2 Å². The average molecular weight is 333 g/mol. The number of aromatic nitrogens is 2. The van der Waals surface area contributed by atoms with Crippen LogP contribution in [0.25, 0.3) is 11.3 Å². The number of carbonyl (C=O) groups excluding carboxylic acids is 1. The van der Waals surface area contributed by atoms with Crippen LogP contribution in [0, 0.1) is 24.1 Å². The van der Waals surface area contributed by atoms with Crippen LogP contribution in [-0.2, 0) is 0 Å². The Kier molecular flexibility index (Phi) is 4.48. The van der Waals surface area contributed by atoms with E-state index < -0.39 is 11.8 Å². The van der Waals surface area contributed by atoms with E-state index in [4.69, 9.17) is 10.00 Å². The maximum Gasteiger partial charge on any atom is 0.347 e. The van der Waals surface area contributed by atoms with E-state index in [-0.39, 0.29) is 11.4 Å². The van der Waals surface area contributed by atoms with E-state index in [9.17, 15) is 9.18 Å². The standard InChI is InChI=1S/C19H12FN3O2/c1-12-2-6-17(22-10-12)14-4-5-15(16(20)8-14)19(24)25-18-7-3-13(9-21)11-23-18/h2-8,10-11H,1H3. The van der Waals surface area contributed by atoms with Crippen LogP contribution in [0.5, 0.6) is 5.88 Å². The molecule has 0 atom stereocenters. The van der Waals surface area contributed by atoms with Crippen LogP contribution in [0.1, 0.15) is 21.5 Å². The third-order valence-electron chi connectivity index (χ3n) is 3.46. The Hall–Kier alpha value is -3.59. The van der Waals surface area contributed by atoms with Gasteiger partial charge in [0, 0.05) is 24.0 Å². The lowest BCUT2D eigenvalue weighted by Gasteiger charge is -2.06. The molecule has 5 nitrogen and oxygen atoms in total. The first kappa shape index (κ1) is 16.3. The first-order chi connectivity index (χ1) is 12.1.